The number of rotatable bonds is 0. The van der Waals surface area contributed by atoms with Crippen LogP contribution in [0.3, 0.4) is 0 Å². The average Bonchev–Trinajstić information content (AvgIpc) is 2.57. The third-order valence-electron chi connectivity index (χ3n) is 2.65. The molecule has 0 aliphatic carbocycles. The highest BCUT2D eigenvalue weighted by Gasteiger charge is 2.31. The first-order valence-electron chi connectivity index (χ1n) is 4.41. The van der Waals surface area contributed by atoms with Gasteiger partial charge in [0.05, 0.1) is 5.69 Å². The Bertz CT molecular complexity index is 387. The number of carbonyl (C=O) groups is 1. The Kier molecular flexibility index (Phi) is 1.20. The molecule has 3 heteroatoms. The Morgan fingerprint density at radius 3 is 3.08 bits per heavy atom. The number of cyclic esters (lactones) is 1. The third kappa shape index (κ3) is 0.813. The summed E-state index contributed by atoms with van der Waals surface area (Å²) in [6.07, 6.45) is 0.760. The fourth-order valence-electron chi connectivity index (χ4n) is 2.05. The average molecular weight is 175 g/mol. The van der Waals surface area contributed by atoms with E-state index in [-0.39, 0.29) is 6.09 Å². The SMILES string of the molecule is O=C1OCc2cccc3c2N1CC3. The molecule has 2 aliphatic rings. The van der Waals surface area contributed by atoms with Crippen LogP contribution >= 0.6 is 0 Å². The van der Waals surface area contributed by atoms with Crippen LogP contribution in [0.5, 0.6) is 0 Å². The smallest absolute Gasteiger partial charge is 0.414 e. The summed E-state index contributed by atoms with van der Waals surface area (Å²) >= 11 is 0. The molecule has 1 aromatic carbocycles. The second-order valence-corrected chi connectivity index (χ2v) is 3.38. The van der Waals surface area contributed by atoms with E-state index in [1.807, 2.05) is 12.1 Å². The van der Waals surface area contributed by atoms with Gasteiger partial charge in [-0.05, 0) is 12.0 Å². The van der Waals surface area contributed by atoms with Crippen LogP contribution in [0.25, 0.3) is 0 Å². The molecule has 3 rings (SSSR count). The van der Waals surface area contributed by atoms with Crippen molar-refractivity contribution in [3.05, 3.63) is 29.3 Å². The standard InChI is InChI=1S/C10H9NO2/c12-10-11-5-4-7-2-1-3-8(6-13-10)9(7)11/h1-3H,4-6H2. The lowest BCUT2D eigenvalue weighted by Gasteiger charge is -2.24. The van der Waals surface area contributed by atoms with Crippen molar-refractivity contribution < 1.29 is 9.53 Å². The zero-order chi connectivity index (χ0) is 8.84. The van der Waals surface area contributed by atoms with E-state index in [1.54, 1.807) is 4.90 Å². The molecule has 0 fully saturated rings. The van der Waals surface area contributed by atoms with Crippen LogP contribution in [0.15, 0.2) is 18.2 Å². The van der Waals surface area contributed by atoms with E-state index in [9.17, 15) is 4.79 Å². The number of amides is 1. The van der Waals surface area contributed by atoms with Gasteiger partial charge in [-0.15, -0.1) is 0 Å². The minimum atomic E-state index is -0.197. The number of hydrogen-bond acceptors (Lipinski definition) is 2. The van der Waals surface area contributed by atoms with Gasteiger partial charge in [-0.3, -0.25) is 4.90 Å². The molecule has 0 saturated heterocycles. The maximum atomic E-state index is 11.3. The van der Waals surface area contributed by atoms with Crippen LogP contribution in [0.4, 0.5) is 10.5 Å². The van der Waals surface area contributed by atoms with E-state index in [0.29, 0.717) is 6.61 Å². The van der Waals surface area contributed by atoms with E-state index >= 15 is 0 Å². The number of para-hydroxylation sites is 1. The van der Waals surface area contributed by atoms with Crippen molar-refractivity contribution in [3.8, 4) is 0 Å². The predicted molar refractivity (Wildman–Crippen MR) is 47.7 cm³/mol. The number of carbonyl (C=O) groups excluding carboxylic acids is 1. The Hall–Kier alpha value is -1.51. The van der Waals surface area contributed by atoms with E-state index in [4.69, 9.17) is 4.74 Å². The fraction of sp³-hybridized carbons (Fsp3) is 0.300. The van der Waals surface area contributed by atoms with Gasteiger partial charge in [0.15, 0.2) is 0 Å². The monoisotopic (exact) mass is 175 g/mol. The lowest BCUT2D eigenvalue weighted by Crippen LogP contribution is -2.33. The molecule has 2 heterocycles. The summed E-state index contributed by atoms with van der Waals surface area (Å²) in [7, 11) is 0. The van der Waals surface area contributed by atoms with E-state index in [2.05, 4.69) is 6.07 Å². The Labute approximate surface area is 75.9 Å². The molecule has 3 nitrogen and oxygen atoms in total. The molecule has 0 bridgehead atoms. The molecule has 0 spiro atoms. The number of anilines is 1. The first-order chi connectivity index (χ1) is 6.36. The molecule has 13 heavy (non-hydrogen) atoms. The number of hydrogen-bond donors (Lipinski definition) is 0. The zero-order valence-corrected chi connectivity index (χ0v) is 7.12. The summed E-state index contributed by atoms with van der Waals surface area (Å²) in [6.45, 7) is 1.20. The Balaban J connectivity index is 2.24. The maximum absolute atomic E-state index is 11.3. The Morgan fingerprint density at radius 1 is 1.31 bits per heavy atom. The van der Waals surface area contributed by atoms with Gasteiger partial charge in [-0.25, -0.2) is 4.79 Å². The molecule has 0 radical (unpaired) electrons. The van der Waals surface area contributed by atoms with Crippen molar-refractivity contribution in [2.45, 2.75) is 13.0 Å². The van der Waals surface area contributed by atoms with Crippen molar-refractivity contribution in [1.29, 1.82) is 0 Å². The van der Waals surface area contributed by atoms with Crippen LogP contribution < -0.4 is 4.90 Å². The van der Waals surface area contributed by atoms with Gasteiger partial charge in [-0.2, -0.15) is 0 Å². The van der Waals surface area contributed by atoms with Crippen LogP contribution in [-0.4, -0.2) is 12.6 Å². The number of benzene rings is 1. The quantitative estimate of drug-likeness (QED) is 0.600. The lowest BCUT2D eigenvalue weighted by molar-refractivity contribution is 0.143. The van der Waals surface area contributed by atoms with Gasteiger partial charge < -0.3 is 4.74 Å². The lowest BCUT2D eigenvalue weighted by atomic mass is 10.1. The summed E-state index contributed by atoms with van der Waals surface area (Å²) in [5, 5.41) is 0. The summed E-state index contributed by atoms with van der Waals surface area (Å²) in [4.78, 5) is 13.1. The molecule has 0 atom stereocenters. The van der Waals surface area contributed by atoms with Crippen LogP contribution in [0, 0.1) is 0 Å². The molecule has 0 unspecified atom stereocenters. The number of ether oxygens (including phenoxy) is 1. The first kappa shape index (κ1) is 6.95. The van der Waals surface area contributed by atoms with E-state index < -0.39 is 0 Å². The minimum absolute atomic E-state index is 0.197. The topological polar surface area (TPSA) is 29.5 Å². The molecule has 0 aromatic heterocycles. The molecular weight excluding hydrogens is 166 g/mol. The predicted octanol–water partition coefficient (Wildman–Crippen LogP) is 1.70. The highest BCUT2D eigenvalue weighted by molar-refractivity contribution is 5.93. The summed E-state index contributed by atoms with van der Waals surface area (Å²) in [5.41, 5.74) is 3.50. The van der Waals surface area contributed by atoms with Gasteiger partial charge in [0.25, 0.3) is 0 Å². The maximum Gasteiger partial charge on any atom is 0.414 e. The summed E-state index contributed by atoms with van der Waals surface area (Å²) in [5.74, 6) is 0. The summed E-state index contributed by atoms with van der Waals surface area (Å²) in [6, 6.07) is 6.12. The van der Waals surface area contributed by atoms with E-state index in [0.717, 1.165) is 24.2 Å². The minimum Gasteiger partial charge on any atom is -0.444 e. The Morgan fingerprint density at radius 2 is 2.15 bits per heavy atom. The van der Waals surface area contributed by atoms with Crippen LogP contribution in [0.1, 0.15) is 11.1 Å². The van der Waals surface area contributed by atoms with Gasteiger partial charge in [0.1, 0.15) is 6.61 Å². The molecule has 1 aromatic rings. The van der Waals surface area contributed by atoms with Crippen molar-refractivity contribution in [2.24, 2.45) is 0 Å². The number of nitrogens with zero attached hydrogens (tertiary/aromatic N) is 1. The molecule has 2 aliphatic heterocycles. The molecule has 1 amide bonds. The van der Waals surface area contributed by atoms with Crippen molar-refractivity contribution in [2.75, 3.05) is 11.4 Å². The molecule has 0 N–H and O–H groups in total. The van der Waals surface area contributed by atoms with Crippen molar-refractivity contribution in [1.82, 2.24) is 0 Å². The molecule has 0 saturated carbocycles. The highest BCUT2D eigenvalue weighted by atomic mass is 16.6. The van der Waals surface area contributed by atoms with Crippen LogP contribution in [-0.2, 0) is 17.8 Å². The third-order valence-corrected chi connectivity index (χ3v) is 2.65. The van der Waals surface area contributed by atoms with Crippen molar-refractivity contribution in [3.63, 3.8) is 0 Å². The molecule has 66 valence electrons. The van der Waals surface area contributed by atoms with Gasteiger partial charge in [-0.1, -0.05) is 18.2 Å². The summed E-state index contributed by atoms with van der Waals surface area (Å²) < 4.78 is 5.03. The van der Waals surface area contributed by atoms with Gasteiger partial charge in [0.2, 0.25) is 0 Å². The normalized spacial score (nSPS) is 18.5. The zero-order valence-electron chi connectivity index (χ0n) is 7.12. The fourth-order valence-corrected chi connectivity index (χ4v) is 2.05. The highest BCUT2D eigenvalue weighted by Crippen LogP contribution is 2.35. The second kappa shape index (κ2) is 2.25. The second-order valence-electron chi connectivity index (χ2n) is 3.38. The molecular formula is C10H9NO2. The first-order valence-corrected chi connectivity index (χ1v) is 4.41. The van der Waals surface area contributed by atoms with Crippen LogP contribution in [0.2, 0.25) is 0 Å². The van der Waals surface area contributed by atoms with Crippen molar-refractivity contribution >= 4 is 11.8 Å². The van der Waals surface area contributed by atoms with Gasteiger partial charge >= 0.3 is 6.09 Å². The largest absolute Gasteiger partial charge is 0.444 e. The van der Waals surface area contributed by atoms with Gasteiger partial charge in [0, 0.05) is 12.1 Å². The van der Waals surface area contributed by atoms with E-state index in [1.165, 1.54) is 5.56 Å².